The third-order valence-corrected chi connectivity index (χ3v) is 3.57. The Labute approximate surface area is 121 Å². The predicted octanol–water partition coefficient (Wildman–Crippen LogP) is 2.67. The van der Waals surface area contributed by atoms with Crippen LogP contribution in [-0.2, 0) is 0 Å². The maximum atomic E-state index is 12.9. The lowest BCUT2D eigenvalue weighted by Gasteiger charge is -2.34. The minimum absolute atomic E-state index is 0.0393. The first-order valence-corrected chi connectivity index (χ1v) is 7.07. The van der Waals surface area contributed by atoms with Crippen LogP contribution in [0.25, 0.3) is 0 Å². The Morgan fingerprint density at radius 2 is 1.75 bits per heavy atom. The van der Waals surface area contributed by atoms with Gasteiger partial charge in [-0.15, -0.1) is 0 Å². The van der Waals surface area contributed by atoms with Gasteiger partial charge in [0.2, 0.25) is 0 Å². The second-order valence-electron chi connectivity index (χ2n) is 5.49. The third-order valence-electron chi connectivity index (χ3n) is 3.57. The molecule has 0 saturated heterocycles. The third kappa shape index (κ3) is 4.39. The summed E-state index contributed by atoms with van der Waals surface area (Å²) in [5.74, 6) is -0.278. The van der Waals surface area contributed by atoms with Crippen molar-refractivity contribution in [3.8, 4) is 0 Å². The number of likely N-dealkylation sites (N-methyl/N-ethyl adjacent to an activating group) is 2. The summed E-state index contributed by atoms with van der Waals surface area (Å²) in [6, 6.07) is 5.85. The van der Waals surface area contributed by atoms with Gasteiger partial charge in [-0.3, -0.25) is 9.69 Å². The fourth-order valence-electron chi connectivity index (χ4n) is 2.61. The first-order chi connectivity index (χ1) is 9.36. The summed E-state index contributed by atoms with van der Waals surface area (Å²) >= 11 is 0. The normalized spacial score (nSPS) is 14.6. The largest absolute Gasteiger partial charge is 0.308 e. The van der Waals surface area contributed by atoms with Crippen LogP contribution in [0, 0.1) is 5.82 Å². The summed E-state index contributed by atoms with van der Waals surface area (Å²) in [4.78, 5) is 16.8. The van der Waals surface area contributed by atoms with Gasteiger partial charge in [-0.25, -0.2) is 4.39 Å². The fraction of sp³-hybridized carbons (Fsp3) is 0.562. The van der Waals surface area contributed by atoms with Crippen molar-refractivity contribution in [1.29, 1.82) is 0 Å². The molecule has 0 amide bonds. The molecule has 3 nitrogen and oxygen atoms in total. The zero-order valence-corrected chi connectivity index (χ0v) is 13.1. The van der Waals surface area contributed by atoms with Gasteiger partial charge in [0.1, 0.15) is 5.82 Å². The van der Waals surface area contributed by atoms with Gasteiger partial charge in [0, 0.05) is 18.2 Å². The Bertz CT molecular complexity index is 431. The molecule has 4 heteroatoms. The van der Waals surface area contributed by atoms with Gasteiger partial charge in [-0.1, -0.05) is 6.92 Å². The summed E-state index contributed by atoms with van der Waals surface area (Å²) in [5.41, 5.74) is 0.564. The zero-order valence-electron chi connectivity index (χ0n) is 13.1. The number of benzene rings is 1. The van der Waals surface area contributed by atoms with E-state index in [0.717, 1.165) is 13.1 Å². The van der Waals surface area contributed by atoms with Gasteiger partial charge >= 0.3 is 0 Å². The Morgan fingerprint density at radius 1 is 1.20 bits per heavy atom. The van der Waals surface area contributed by atoms with E-state index in [1.54, 1.807) is 12.1 Å². The van der Waals surface area contributed by atoms with Gasteiger partial charge in [-0.05, 0) is 58.8 Å². The van der Waals surface area contributed by atoms with Crippen molar-refractivity contribution in [2.24, 2.45) is 0 Å². The van der Waals surface area contributed by atoms with Gasteiger partial charge < -0.3 is 4.90 Å². The van der Waals surface area contributed by atoms with E-state index in [4.69, 9.17) is 0 Å². The summed E-state index contributed by atoms with van der Waals surface area (Å²) in [6.45, 7) is 7.80. The van der Waals surface area contributed by atoms with Crippen molar-refractivity contribution in [2.45, 2.75) is 32.9 Å². The number of hydrogen-bond acceptors (Lipinski definition) is 3. The molecule has 2 atom stereocenters. The number of carbonyl (C=O) groups excluding carboxylic acids is 1. The molecule has 20 heavy (non-hydrogen) atoms. The molecule has 1 rings (SSSR count). The topological polar surface area (TPSA) is 23.6 Å². The Hall–Kier alpha value is -1.26. The molecule has 0 bridgehead atoms. The molecule has 1 aromatic carbocycles. The average molecular weight is 280 g/mol. The lowest BCUT2D eigenvalue weighted by atomic mass is 10.0. The highest BCUT2D eigenvalue weighted by Gasteiger charge is 2.25. The van der Waals surface area contributed by atoms with Crippen molar-refractivity contribution in [3.05, 3.63) is 35.6 Å². The Balaban J connectivity index is 2.82. The van der Waals surface area contributed by atoms with Gasteiger partial charge in [0.25, 0.3) is 0 Å². The van der Waals surface area contributed by atoms with E-state index in [2.05, 4.69) is 23.6 Å². The lowest BCUT2D eigenvalue weighted by Crippen LogP contribution is -2.48. The number of rotatable bonds is 7. The summed E-state index contributed by atoms with van der Waals surface area (Å²) in [6.07, 6.45) is 0. The van der Waals surface area contributed by atoms with Crippen molar-refractivity contribution in [2.75, 3.05) is 27.2 Å². The second-order valence-corrected chi connectivity index (χ2v) is 5.49. The first kappa shape index (κ1) is 16.8. The van der Waals surface area contributed by atoms with Crippen molar-refractivity contribution in [3.63, 3.8) is 0 Å². The number of ketones is 1. The smallest absolute Gasteiger partial charge is 0.179 e. The Morgan fingerprint density at radius 3 is 2.20 bits per heavy atom. The van der Waals surface area contributed by atoms with Gasteiger partial charge in [0.15, 0.2) is 5.78 Å². The maximum Gasteiger partial charge on any atom is 0.179 e. The Kier molecular flexibility index (Phi) is 6.30. The maximum absolute atomic E-state index is 12.9. The molecule has 2 unspecified atom stereocenters. The molecule has 0 saturated carbocycles. The van der Waals surface area contributed by atoms with Crippen LogP contribution in [0.5, 0.6) is 0 Å². The van der Waals surface area contributed by atoms with Crippen LogP contribution < -0.4 is 0 Å². The van der Waals surface area contributed by atoms with Crippen LogP contribution in [0.4, 0.5) is 4.39 Å². The highest BCUT2D eigenvalue weighted by Crippen LogP contribution is 2.13. The minimum Gasteiger partial charge on any atom is -0.308 e. The number of Topliss-reactive ketones (excluding diaryl/α,β-unsaturated/α-hetero) is 1. The van der Waals surface area contributed by atoms with E-state index in [1.165, 1.54) is 12.1 Å². The summed E-state index contributed by atoms with van der Waals surface area (Å²) < 4.78 is 12.9. The van der Waals surface area contributed by atoms with Crippen molar-refractivity contribution in [1.82, 2.24) is 9.80 Å². The number of hydrogen-bond donors (Lipinski definition) is 0. The highest BCUT2D eigenvalue weighted by atomic mass is 19.1. The predicted molar refractivity (Wildman–Crippen MR) is 80.6 cm³/mol. The van der Waals surface area contributed by atoms with Gasteiger partial charge in [-0.2, -0.15) is 0 Å². The molecular formula is C16H25FN2O. The van der Waals surface area contributed by atoms with E-state index in [0.29, 0.717) is 5.56 Å². The van der Waals surface area contributed by atoms with E-state index >= 15 is 0 Å². The number of nitrogens with zero attached hydrogens (tertiary/aromatic N) is 2. The molecule has 1 aromatic rings. The molecule has 0 aromatic heterocycles. The molecular weight excluding hydrogens is 255 g/mol. The molecule has 0 aliphatic heterocycles. The molecule has 0 aliphatic carbocycles. The van der Waals surface area contributed by atoms with Crippen molar-refractivity contribution >= 4 is 5.78 Å². The SMILES string of the molecule is CCN(C(C)CN(C)C)C(C)C(=O)c1ccc(F)cc1. The van der Waals surface area contributed by atoms with Crippen LogP contribution in [0.2, 0.25) is 0 Å². The van der Waals surface area contributed by atoms with Crippen LogP contribution in [0.1, 0.15) is 31.1 Å². The summed E-state index contributed by atoms with van der Waals surface area (Å²) in [5, 5.41) is 0. The molecule has 0 radical (unpaired) electrons. The highest BCUT2D eigenvalue weighted by molar-refractivity contribution is 5.99. The van der Waals surface area contributed by atoms with Crippen LogP contribution in [0.3, 0.4) is 0 Å². The average Bonchev–Trinajstić information content (AvgIpc) is 2.38. The standard InChI is InChI=1S/C16H25FN2O/c1-6-19(12(2)11-18(4)5)13(3)16(20)14-7-9-15(17)10-8-14/h7-10,12-13H,6,11H2,1-5H3. The number of carbonyl (C=O) groups is 1. The molecule has 0 N–H and O–H groups in total. The van der Waals surface area contributed by atoms with E-state index < -0.39 is 0 Å². The quantitative estimate of drug-likeness (QED) is 0.717. The van der Waals surface area contributed by atoms with Crippen molar-refractivity contribution < 1.29 is 9.18 Å². The van der Waals surface area contributed by atoms with E-state index in [9.17, 15) is 9.18 Å². The van der Waals surface area contributed by atoms with Crippen LogP contribution in [-0.4, -0.2) is 54.9 Å². The van der Waals surface area contributed by atoms with Gasteiger partial charge in [0.05, 0.1) is 6.04 Å². The molecule has 0 spiro atoms. The number of halogens is 1. The molecule has 112 valence electrons. The fourth-order valence-corrected chi connectivity index (χ4v) is 2.61. The molecule has 0 heterocycles. The lowest BCUT2D eigenvalue weighted by molar-refractivity contribution is 0.0756. The van der Waals surface area contributed by atoms with E-state index in [1.807, 2.05) is 21.0 Å². The van der Waals surface area contributed by atoms with Crippen LogP contribution >= 0.6 is 0 Å². The first-order valence-electron chi connectivity index (χ1n) is 7.07. The van der Waals surface area contributed by atoms with Crippen LogP contribution in [0.15, 0.2) is 24.3 Å². The second kappa shape index (κ2) is 7.50. The molecule has 0 aliphatic rings. The summed E-state index contributed by atoms with van der Waals surface area (Å²) in [7, 11) is 4.05. The zero-order chi connectivity index (χ0) is 15.3. The molecule has 0 fully saturated rings. The minimum atomic E-state index is -0.317. The monoisotopic (exact) mass is 280 g/mol. The van der Waals surface area contributed by atoms with E-state index in [-0.39, 0.29) is 23.7 Å².